The Morgan fingerprint density at radius 1 is 1.06 bits per heavy atom. The highest BCUT2D eigenvalue weighted by atomic mass is 32.2. The van der Waals surface area contributed by atoms with Crippen molar-refractivity contribution >= 4 is 26.8 Å². The molecule has 34 heavy (non-hydrogen) atoms. The SMILES string of the molecule is Cc1nn(-c2cccc(C(F)(F)F)c2)c(C)c1CC(=O)NS(=O)(=O)c1cccc2ncccc12. The van der Waals surface area contributed by atoms with Gasteiger partial charge in [-0.15, -0.1) is 0 Å². The number of carbonyl (C=O) groups excluding carboxylic acids is 1. The van der Waals surface area contributed by atoms with Crippen molar-refractivity contribution in [2.75, 3.05) is 0 Å². The second-order valence-electron chi connectivity index (χ2n) is 7.64. The fraction of sp³-hybridized carbons (Fsp3) is 0.174. The van der Waals surface area contributed by atoms with Crippen LogP contribution in [-0.4, -0.2) is 29.1 Å². The van der Waals surface area contributed by atoms with Crippen LogP contribution in [0.25, 0.3) is 16.6 Å². The monoisotopic (exact) mass is 488 g/mol. The molecule has 11 heteroatoms. The summed E-state index contributed by atoms with van der Waals surface area (Å²) >= 11 is 0. The normalized spacial score (nSPS) is 12.1. The lowest BCUT2D eigenvalue weighted by atomic mass is 10.1. The van der Waals surface area contributed by atoms with Gasteiger partial charge in [0.05, 0.1) is 33.8 Å². The molecule has 0 aliphatic carbocycles. The molecule has 176 valence electrons. The first-order valence-electron chi connectivity index (χ1n) is 10.1. The molecule has 2 aromatic carbocycles. The van der Waals surface area contributed by atoms with E-state index in [0.29, 0.717) is 27.9 Å². The summed E-state index contributed by atoms with van der Waals surface area (Å²) in [6, 6.07) is 12.4. The Morgan fingerprint density at radius 3 is 2.53 bits per heavy atom. The molecule has 1 N–H and O–H groups in total. The van der Waals surface area contributed by atoms with Crippen LogP contribution in [0.5, 0.6) is 0 Å². The van der Waals surface area contributed by atoms with Gasteiger partial charge < -0.3 is 0 Å². The number of benzene rings is 2. The van der Waals surface area contributed by atoms with Crippen molar-refractivity contribution in [2.45, 2.75) is 31.3 Å². The van der Waals surface area contributed by atoms with Crippen LogP contribution in [0.3, 0.4) is 0 Å². The van der Waals surface area contributed by atoms with Gasteiger partial charge in [-0.25, -0.2) is 17.8 Å². The number of hydrogen-bond donors (Lipinski definition) is 1. The van der Waals surface area contributed by atoms with Gasteiger partial charge in [-0.2, -0.15) is 18.3 Å². The number of carbonyl (C=O) groups is 1. The lowest BCUT2D eigenvalue weighted by Crippen LogP contribution is -2.32. The van der Waals surface area contributed by atoms with Crippen LogP contribution >= 0.6 is 0 Å². The second kappa shape index (κ2) is 8.56. The van der Waals surface area contributed by atoms with Gasteiger partial charge in [0, 0.05) is 22.8 Å². The molecule has 0 bridgehead atoms. The number of nitrogens with one attached hydrogen (secondary N) is 1. The molecule has 0 saturated heterocycles. The molecule has 0 unspecified atom stereocenters. The van der Waals surface area contributed by atoms with Crippen LogP contribution in [0.1, 0.15) is 22.5 Å². The number of aryl methyl sites for hydroxylation is 1. The van der Waals surface area contributed by atoms with Crippen molar-refractivity contribution in [2.24, 2.45) is 0 Å². The van der Waals surface area contributed by atoms with Gasteiger partial charge in [0.25, 0.3) is 10.0 Å². The largest absolute Gasteiger partial charge is 0.416 e. The van der Waals surface area contributed by atoms with Crippen LogP contribution in [0, 0.1) is 13.8 Å². The lowest BCUT2D eigenvalue weighted by molar-refractivity contribution is -0.137. The number of amides is 1. The second-order valence-corrected chi connectivity index (χ2v) is 9.29. The summed E-state index contributed by atoms with van der Waals surface area (Å²) in [5.74, 6) is -0.796. The minimum absolute atomic E-state index is 0.0837. The molecule has 2 aromatic heterocycles. The van der Waals surface area contributed by atoms with E-state index in [1.807, 2.05) is 0 Å². The zero-order valence-electron chi connectivity index (χ0n) is 18.1. The summed E-state index contributed by atoms with van der Waals surface area (Å²) in [6.45, 7) is 3.21. The number of pyridine rings is 1. The maximum atomic E-state index is 13.1. The van der Waals surface area contributed by atoms with E-state index in [-0.39, 0.29) is 17.0 Å². The van der Waals surface area contributed by atoms with Gasteiger partial charge in [-0.05, 0) is 56.3 Å². The Labute approximate surface area is 193 Å². The highest BCUT2D eigenvalue weighted by molar-refractivity contribution is 7.90. The Hall–Kier alpha value is -3.73. The molecular formula is C23H19F3N4O3S. The smallest absolute Gasteiger partial charge is 0.274 e. The zero-order valence-corrected chi connectivity index (χ0v) is 18.9. The van der Waals surface area contributed by atoms with E-state index in [2.05, 4.69) is 14.8 Å². The molecule has 0 aliphatic heterocycles. The maximum absolute atomic E-state index is 13.1. The minimum Gasteiger partial charge on any atom is -0.274 e. The third-order valence-electron chi connectivity index (χ3n) is 5.34. The van der Waals surface area contributed by atoms with Crippen molar-refractivity contribution in [3.63, 3.8) is 0 Å². The maximum Gasteiger partial charge on any atom is 0.416 e. The average Bonchev–Trinajstić information content (AvgIpc) is 3.06. The van der Waals surface area contributed by atoms with E-state index in [1.165, 1.54) is 35.1 Å². The number of aromatic nitrogens is 3. The molecule has 0 radical (unpaired) electrons. The zero-order chi connectivity index (χ0) is 24.7. The van der Waals surface area contributed by atoms with Crippen molar-refractivity contribution in [3.8, 4) is 5.69 Å². The summed E-state index contributed by atoms with van der Waals surface area (Å²) in [6.07, 6.45) is -3.30. The molecule has 4 rings (SSSR count). The molecular weight excluding hydrogens is 469 g/mol. The summed E-state index contributed by atoms with van der Waals surface area (Å²) in [7, 11) is -4.19. The molecule has 0 spiro atoms. The minimum atomic E-state index is -4.51. The van der Waals surface area contributed by atoms with E-state index in [1.54, 1.807) is 32.0 Å². The molecule has 7 nitrogen and oxygen atoms in total. The van der Waals surface area contributed by atoms with Crippen LogP contribution in [0.15, 0.2) is 65.7 Å². The first-order chi connectivity index (χ1) is 16.0. The number of rotatable bonds is 5. The topological polar surface area (TPSA) is 94.0 Å². The molecule has 4 aromatic rings. The van der Waals surface area contributed by atoms with E-state index >= 15 is 0 Å². The van der Waals surface area contributed by atoms with Crippen molar-refractivity contribution in [1.29, 1.82) is 0 Å². The highest BCUT2D eigenvalue weighted by Gasteiger charge is 2.31. The third-order valence-corrected chi connectivity index (χ3v) is 6.77. The van der Waals surface area contributed by atoms with Gasteiger partial charge in [-0.3, -0.25) is 9.78 Å². The molecule has 1 amide bonds. The third kappa shape index (κ3) is 4.51. The standard InChI is InChI=1S/C23H19F3N4O3S/c1-14-19(15(2)30(28-14)17-7-3-6-16(12-17)23(24,25)26)13-22(31)29-34(32,33)21-10-4-9-20-18(21)8-5-11-27-20/h3-12H,13H2,1-2H3,(H,29,31). The van der Waals surface area contributed by atoms with E-state index in [4.69, 9.17) is 0 Å². The number of hydrogen-bond acceptors (Lipinski definition) is 5. The number of alkyl halides is 3. The van der Waals surface area contributed by atoms with Crippen molar-refractivity contribution < 1.29 is 26.4 Å². The fourth-order valence-corrected chi connectivity index (χ4v) is 4.91. The van der Waals surface area contributed by atoms with Crippen LogP contribution in [0.4, 0.5) is 13.2 Å². The quantitative estimate of drug-likeness (QED) is 0.457. The molecule has 0 fully saturated rings. The summed E-state index contributed by atoms with van der Waals surface area (Å²) in [4.78, 5) is 16.7. The van der Waals surface area contributed by atoms with Crippen molar-refractivity contribution in [1.82, 2.24) is 19.5 Å². The first kappa shape index (κ1) is 23.4. The number of nitrogens with zero attached hydrogens (tertiary/aromatic N) is 3. The Bertz CT molecular complexity index is 1510. The highest BCUT2D eigenvalue weighted by Crippen LogP contribution is 2.31. The van der Waals surface area contributed by atoms with Gasteiger partial charge in [0.1, 0.15) is 0 Å². The van der Waals surface area contributed by atoms with Crippen LogP contribution in [-0.2, 0) is 27.4 Å². The Kier molecular flexibility index (Phi) is 5.90. The number of halogens is 3. The molecule has 2 heterocycles. The van der Waals surface area contributed by atoms with Gasteiger partial charge in [0.2, 0.25) is 5.91 Å². The first-order valence-corrected chi connectivity index (χ1v) is 11.6. The number of fused-ring (bicyclic) bond motifs is 1. The summed E-state index contributed by atoms with van der Waals surface area (Å²) in [5, 5.41) is 4.63. The summed E-state index contributed by atoms with van der Waals surface area (Å²) in [5.41, 5.74) is 1.07. The molecule has 0 saturated carbocycles. The van der Waals surface area contributed by atoms with Gasteiger partial charge in [-0.1, -0.05) is 12.1 Å². The van der Waals surface area contributed by atoms with E-state index in [9.17, 15) is 26.4 Å². The Balaban J connectivity index is 1.60. The van der Waals surface area contributed by atoms with Crippen molar-refractivity contribution in [3.05, 3.63) is 83.3 Å². The Morgan fingerprint density at radius 2 is 1.79 bits per heavy atom. The predicted octanol–water partition coefficient (Wildman–Crippen LogP) is 4.10. The fourth-order valence-electron chi connectivity index (χ4n) is 3.71. The van der Waals surface area contributed by atoms with E-state index in [0.717, 1.165) is 12.1 Å². The predicted molar refractivity (Wildman–Crippen MR) is 119 cm³/mol. The summed E-state index contributed by atoms with van der Waals surface area (Å²) < 4.78 is 68.4. The molecule has 0 atom stereocenters. The molecule has 0 aliphatic rings. The lowest BCUT2D eigenvalue weighted by Gasteiger charge is -2.11. The van der Waals surface area contributed by atoms with Gasteiger partial charge in [0.15, 0.2) is 0 Å². The average molecular weight is 488 g/mol. The van der Waals surface area contributed by atoms with Gasteiger partial charge >= 0.3 is 6.18 Å². The van der Waals surface area contributed by atoms with E-state index < -0.39 is 27.7 Å². The number of sulfonamides is 1. The van der Waals surface area contributed by atoms with Crippen LogP contribution < -0.4 is 4.72 Å². The van der Waals surface area contributed by atoms with Crippen LogP contribution in [0.2, 0.25) is 0 Å².